The average Bonchev–Trinajstić information content (AvgIpc) is 2.89. The van der Waals surface area contributed by atoms with E-state index in [9.17, 15) is 0 Å². The van der Waals surface area contributed by atoms with E-state index in [1.165, 1.54) is 11.1 Å². The van der Waals surface area contributed by atoms with E-state index >= 15 is 0 Å². The van der Waals surface area contributed by atoms with Crippen LogP contribution in [-0.4, -0.2) is 52.9 Å². The maximum atomic E-state index is 6.40. The predicted octanol–water partition coefficient (Wildman–Crippen LogP) is 6.57. The van der Waals surface area contributed by atoms with Gasteiger partial charge in [0.2, 0.25) is 0 Å². The monoisotopic (exact) mass is 486 g/mol. The van der Waals surface area contributed by atoms with E-state index in [-0.39, 0.29) is 10.8 Å². The normalized spacial score (nSPS) is 14.8. The van der Waals surface area contributed by atoms with E-state index in [1.807, 2.05) is 38.1 Å². The molecule has 0 aliphatic rings. The summed E-state index contributed by atoms with van der Waals surface area (Å²) in [6, 6.07) is 16.8. The highest BCUT2D eigenvalue weighted by Crippen LogP contribution is 2.33. The second-order valence-electron chi connectivity index (χ2n) is 9.46. The molecule has 35 heavy (non-hydrogen) atoms. The zero-order chi connectivity index (χ0) is 25.6. The van der Waals surface area contributed by atoms with Crippen LogP contribution >= 0.6 is 0 Å². The first-order chi connectivity index (χ1) is 16.9. The van der Waals surface area contributed by atoms with Crippen LogP contribution in [0.1, 0.15) is 65.5 Å². The molecule has 0 saturated heterocycles. The van der Waals surface area contributed by atoms with Crippen molar-refractivity contribution in [1.29, 1.82) is 0 Å². The minimum Gasteiger partial charge on any atom is -0.491 e. The molecule has 2 aromatic rings. The Bertz CT molecular complexity index is 750. The Hall–Kier alpha value is -2.08. The highest BCUT2D eigenvalue weighted by atomic mass is 16.5. The van der Waals surface area contributed by atoms with Gasteiger partial charge in [-0.15, -0.1) is 0 Å². The van der Waals surface area contributed by atoms with Crippen molar-refractivity contribution >= 4 is 0 Å². The summed E-state index contributed by atoms with van der Waals surface area (Å²) in [5.74, 6) is 1.74. The van der Waals surface area contributed by atoms with Crippen LogP contribution < -0.4 is 9.47 Å². The lowest BCUT2D eigenvalue weighted by Crippen LogP contribution is -2.33. The van der Waals surface area contributed by atoms with Gasteiger partial charge in [-0.2, -0.15) is 0 Å². The van der Waals surface area contributed by atoms with Crippen LogP contribution in [0.2, 0.25) is 0 Å². The predicted molar refractivity (Wildman–Crippen MR) is 143 cm³/mol. The van der Waals surface area contributed by atoms with Gasteiger partial charge >= 0.3 is 0 Å². The standard InChI is InChI=1S/C30H46O5/c1-7-29(5,25-11-15-27(16-12-25)34-21-19-31-9-3)23-33-24-30(6,8-2)26-13-17-28(18-14-26)35-22-20-32-10-4/h11-18H,7-10,19-24H2,1-6H3. The molecule has 2 unspecified atom stereocenters. The van der Waals surface area contributed by atoms with Crippen molar-refractivity contribution in [2.75, 3.05) is 52.9 Å². The molecule has 0 amide bonds. The second kappa shape index (κ2) is 15.1. The van der Waals surface area contributed by atoms with Crippen molar-refractivity contribution in [2.45, 2.75) is 65.2 Å². The van der Waals surface area contributed by atoms with Crippen LogP contribution in [0.5, 0.6) is 11.5 Å². The molecule has 0 bridgehead atoms. The van der Waals surface area contributed by atoms with Gasteiger partial charge in [-0.25, -0.2) is 0 Å². The van der Waals surface area contributed by atoms with E-state index < -0.39 is 0 Å². The Balaban J connectivity index is 1.93. The van der Waals surface area contributed by atoms with E-state index in [2.05, 4.69) is 52.0 Å². The summed E-state index contributed by atoms with van der Waals surface area (Å²) in [7, 11) is 0. The van der Waals surface area contributed by atoms with Crippen molar-refractivity contribution in [3.05, 3.63) is 59.7 Å². The molecule has 0 aliphatic carbocycles. The van der Waals surface area contributed by atoms with Crippen LogP contribution in [0.3, 0.4) is 0 Å². The van der Waals surface area contributed by atoms with Crippen LogP contribution in [-0.2, 0) is 25.0 Å². The van der Waals surface area contributed by atoms with E-state index in [0.29, 0.717) is 52.9 Å². The molecular weight excluding hydrogens is 440 g/mol. The van der Waals surface area contributed by atoms with Gasteiger partial charge in [0.05, 0.1) is 26.4 Å². The van der Waals surface area contributed by atoms with Crippen molar-refractivity contribution in [3.8, 4) is 11.5 Å². The molecule has 0 N–H and O–H groups in total. The van der Waals surface area contributed by atoms with Crippen LogP contribution in [0.4, 0.5) is 0 Å². The average molecular weight is 487 g/mol. The molecule has 0 aromatic heterocycles. The van der Waals surface area contributed by atoms with Gasteiger partial charge in [0, 0.05) is 24.0 Å². The Labute approximate surface area is 213 Å². The third-order valence-corrected chi connectivity index (χ3v) is 6.91. The quantitative estimate of drug-likeness (QED) is 0.223. The summed E-state index contributed by atoms with van der Waals surface area (Å²) >= 11 is 0. The fourth-order valence-corrected chi connectivity index (χ4v) is 3.91. The third kappa shape index (κ3) is 9.14. The van der Waals surface area contributed by atoms with Gasteiger partial charge in [0.25, 0.3) is 0 Å². The van der Waals surface area contributed by atoms with Gasteiger partial charge in [0.1, 0.15) is 24.7 Å². The highest BCUT2D eigenvalue weighted by Gasteiger charge is 2.29. The number of hydrogen-bond acceptors (Lipinski definition) is 5. The third-order valence-electron chi connectivity index (χ3n) is 6.91. The molecule has 2 atom stereocenters. The smallest absolute Gasteiger partial charge is 0.119 e. The van der Waals surface area contributed by atoms with Crippen molar-refractivity contribution < 1.29 is 23.7 Å². The summed E-state index contributed by atoms with van der Waals surface area (Å²) < 4.78 is 28.6. The number of ether oxygens (including phenoxy) is 5. The van der Waals surface area contributed by atoms with Gasteiger partial charge < -0.3 is 23.7 Å². The van der Waals surface area contributed by atoms with E-state index in [0.717, 1.165) is 24.3 Å². The summed E-state index contributed by atoms with van der Waals surface area (Å²) in [6.45, 7) is 18.1. The maximum absolute atomic E-state index is 6.40. The minimum absolute atomic E-state index is 0.0588. The van der Waals surface area contributed by atoms with Crippen molar-refractivity contribution in [3.63, 3.8) is 0 Å². The minimum atomic E-state index is -0.0588. The first kappa shape index (κ1) is 29.2. The second-order valence-corrected chi connectivity index (χ2v) is 9.46. The van der Waals surface area contributed by atoms with E-state index in [4.69, 9.17) is 23.7 Å². The highest BCUT2D eigenvalue weighted by molar-refractivity contribution is 5.33. The van der Waals surface area contributed by atoms with Gasteiger partial charge in [0.15, 0.2) is 0 Å². The first-order valence-electron chi connectivity index (χ1n) is 13.1. The molecule has 5 nitrogen and oxygen atoms in total. The Morgan fingerprint density at radius 1 is 0.514 bits per heavy atom. The summed E-state index contributed by atoms with van der Waals surface area (Å²) in [5.41, 5.74) is 2.42. The van der Waals surface area contributed by atoms with Crippen LogP contribution in [0, 0.1) is 0 Å². The topological polar surface area (TPSA) is 46.2 Å². The van der Waals surface area contributed by atoms with E-state index in [1.54, 1.807) is 0 Å². The summed E-state index contributed by atoms with van der Waals surface area (Å²) in [5, 5.41) is 0. The summed E-state index contributed by atoms with van der Waals surface area (Å²) in [4.78, 5) is 0. The van der Waals surface area contributed by atoms with Crippen LogP contribution in [0.15, 0.2) is 48.5 Å². The van der Waals surface area contributed by atoms with Gasteiger partial charge in [-0.3, -0.25) is 0 Å². The lowest BCUT2D eigenvalue weighted by atomic mass is 9.79. The molecule has 0 aliphatic heterocycles. The molecular formula is C30H46O5. The molecule has 2 aromatic carbocycles. The zero-order valence-electron chi connectivity index (χ0n) is 22.7. The fraction of sp³-hybridized carbons (Fsp3) is 0.600. The lowest BCUT2D eigenvalue weighted by molar-refractivity contribution is 0.0510. The number of benzene rings is 2. The molecule has 2 rings (SSSR count). The molecule has 0 saturated carbocycles. The lowest BCUT2D eigenvalue weighted by Gasteiger charge is -2.33. The van der Waals surface area contributed by atoms with Gasteiger partial charge in [-0.05, 0) is 62.1 Å². The zero-order valence-corrected chi connectivity index (χ0v) is 22.7. The Kier molecular flexibility index (Phi) is 12.6. The first-order valence-corrected chi connectivity index (χ1v) is 13.1. The maximum Gasteiger partial charge on any atom is 0.119 e. The fourth-order valence-electron chi connectivity index (χ4n) is 3.91. The Morgan fingerprint density at radius 3 is 1.20 bits per heavy atom. The molecule has 0 fully saturated rings. The largest absolute Gasteiger partial charge is 0.491 e. The number of rotatable bonds is 18. The Morgan fingerprint density at radius 2 is 0.886 bits per heavy atom. The molecule has 196 valence electrons. The molecule has 5 heteroatoms. The van der Waals surface area contributed by atoms with Crippen LogP contribution in [0.25, 0.3) is 0 Å². The van der Waals surface area contributed by atoms with Crippen molar-refractivity contribution in [1.82, 2.24) is 0 Å². The summed E-state index contributed by atoms with van der Waals surface area (Å²) in [6.07, 6.45) is 1.99. The molecule has 0 spiro atoms. The number of hydrogen-bond donors (Lipinski definition) is 0. The SMILES string of the molecule is CCOCCOc1ccc(C(C)(CC)COCC(C)(CC)c2ccc(OCCOCC)cc2)cc1. The molecule has 0 radical (unpaired) electrons. The van der Waals surface area contributed by atoms with Gasteiger partial charge in [-0.1, -0.05) is 52.0 Å². The molecule has 0 heterocycles. The van der Waals surface area contributed by atoms with Crippen molar-refractivity contribution in [2.24, 2.45) is 0 Å².